The number of hydrogen-bond acceptors (Lipinski definition) is 2. The van der Waals surface area contributed by atoms with Crippen LogP contribution >= 0.6 is 0 Å². The zero-order valence-electron chi connectivity index (χ0n) is 11.3. The van der Waals surface area contributed by atoms with Crippen LogP contribution in [0.3, 0.4) is 0 Å². The van der Waals surface area contributed by atoms with Gasteiger partial charge in [-0.2, -0.15) is 0 Å². The van der Waals surface area contributed by atoms with Crippen molar-refractivity contribution < 1.29 is 4.79 Å². The van der Waals surface area contributed by atoms with Gasteiger partial charge in [-0.15, -0.1) is 0 Å². The summed E-state index contributed by atoms with van der Waals surface area (Å²) in [6.45, 7) is 10.8. The topological polar surface area (TPSA) is 55.1 Å². The molecule has 0 aromatic rings. The van der Waals surface area contributed by atoms with Crippen molar-refractivity contribution in [3.8, 4) is 0 Å². The van der Waals surface area contributed by atoms with Crippen LogP contribution in [-0.2, 0) is 4.79 Å². The molecule has 0 aromatic heterocycles. The molecule has 0 aromatic carbocycles. The van der Waals surface area contributed by atoms with Crippen LogP contribution in [0.25, 0.3) is 0 Å². The summed E-state index contributed by atoms with van der Waals surface area (Å²) in [5.41, 5.74) is 5.32. The fourth-order valence-corrected chi connectivity index (χ4v) is 3.49. The number of carbonyl (C=O) groups excluding carboxylic acids is 1. The molecule has 1 fully saturated rings. The summed E-state index contributed by atoms with van der Waals surface area (Å²) in [7, 11) is 0. The van der Waals surface area contributed by atoms with E-state index in [1.54, 1.807) is 0 Å². The van der Waals surface area contributed by atoms with Crippen LogP contribution in [0, 0.1) is 11.3 Å². The Hall–Kier alpha value is -0.570. The van der Waals surface area contributed by atoms with Gasteiger partial charge < -0.3 is 11.1 Å². The average Bonchev–Trinajstić information content (AvgIpc) is 1.96. The van der Waals surface area contributed by atoms with Gasteiger partial charge in [0.05, 0.1) is 5.54 Å². The van der Waals surface area contributed by atoms with Crippen molar-refractivity contribution in [2.45, 2.75) is 65.5 Å². The van der Waals surface area contributed by atoms with Crippen molar-refractivity contribution in [1.29, 1.82) is 0 Å². The van der Waals surface area contributed by atoms with Gasteiger partial charge >= 0.3 is 0 Å². The summed E-state index contributed by atoms with van der Waals surface area (Å²) in [6, 6.07) is 0.286. The molecule has 0 saturated heterocycles. The van der Waals surface area contributed by atoms with Crippen LogP contribution in [0.4, 0.5) is 0 Å². The van der Waals surface area contributed by atoms with Gasteiger partial charge in [0.15, 0.2) is 0 Å². The molecule has 0 bridgehead atoms. The lowest BCUT2D eigenvalue weighted by molar-refractivity contribution is -0.129. The average molecular weight is 226 g/mol. The first-order valence-corrected chi connectivity index (χ1v) is 6.24. The van der Waals surface area contributed by atoms with E-state index in [1.165, 1.54) is 6.42 Å². The molecule has 0 heterocycles. The van der Waals surface area contributed by atoms with E-state index < -0.39 is 5.54 Å². The maximum atomic E-state index is 11.8. The standard InChI is InChI=1S/C13H26N2O/c1-9(2)15-13(11(14)16)7-10(3)6-12(4,5)8-13/h9-10,15H,6-8H2,1-5H3,(H2,14,16). The molecule has 94 valence electrons. The smallest absolute Gasteiger partial charge is 0.237 e. The van der Waals surface area contributed by atoms with Crippen molar-refractivity contribution in [2.75, 3.05) is 0 Å². The molecule has 1 aliphatic rings. The molecule has 0 radical (unpaired) electrons. The Labute approximate surface area is 99.2 Å². The maximum absolute atomic E-state index is 11.8. The van der Waals surface area contributed by atoms with E-state index in [4.69, 9.17) is 5.73 Å². The molecule has 1 saturated carbocycles. The van der Waals surface area contributed by atoms with Crippen LogP contribution in [0.5, 0.6) is 0 Å². The van der Waals surface area contributed by atoms with E-state index >= 15 is 0 Å². The number of rotatable bonds is 3. The Balaban J connectivity index is 2.96. The minimum atomic E-state index is -0.505. The minimum absolute atomic E-state index is 0.189. The number of primary amides is 1. The van der Waals surface area contributed by atoms with Gasteiger partial charge in [0.1, 0.15) is 0 Å². The Bertz CT molecular complexity index is 269. The van der Waals surface area contributed by atoms with Gasteiger partial charge in [0.25, 0.3) is 0 Å². The highest BCUT2D eigenvalue weighted by atomic mass is 16.1. The molecule has 0 aliphatic heterocycles. The van der Waals surface area contributed by atoms with Crippen molar-refractivity contribution in [2.24, 2.45) is 17.1 Å². The summed E-state index contributed by atoms with van der Waals surface area (Å²) in [6.07, 6.45) is 2.88. The van der Waals surface area contributed by atoms with Crippen molar-refractivity contribution >= 4 is 5.91 Å². The van der Waals surface area contributed by atoms with Crippen LogP contribution in [0.2, 0.25) is 0 Å². The van der Waals surface area contributed by atoms with Gasteiger partial charge in [-0.3, -0.25) is 4.79 Å². The molecule has 3 heteroatoms. The highest BCUT2D eigenvalue weighted by molar-refractivity contribution is 5.85. The van der Waals surface area contributed by atoms with Crippen LogP contribution in [0.15, 0.2) is 0 Å². The van der Waals surface area contributed by atoms with Crippen molar-refractivity contribution in [3.63, 3.8) is 0 Å². The van der Waals surface area contributed by atoms with Crippen LogP contribution < -0.4 is 11.1 Å². The lowest BCUT2D eigenvalue weighted by Crippen LogP contribution is -2.62. The Morgan fingerprint density at radius 3 is 2.31 bits per heavy atom. The predicted octanol–water partition coefficient (Wildman–Crippen LogP) is 2.05. The van der Waals surface area contributed by atoms with Crippen molar-refractivity contribution in [3.05, 3.63) is 0 Å². The monoisotopic (exact) mass is 226 g/mol. The Morgan fingerprint density at radius 2 is 1.94 bits per heavy atom. The third-order valence-electron chi connectivity index (χ3n) is 3.41. The van der Waals surface area contributed by atoms with Crippen LogP contribution in [0.1, 0.15) is 53.9 Å². The van der Waals surface area contributed by atoms with E-state index in [9.17, 15) is 4.79 Å². The zero-order chi connectivity index (χ0) is 12.6. The molecule has 0 spiro atoms. The first kappa shape index (κ1) is 13.5. The highest BCUT2D eigenvalue weighted by Gasteiger charge is 2.46. The summed E-state index contributed by atoms with van der Waals surface area (Å²) < 4.78 is 0. The third kappa shape index (κ3) is 2.97. The van der Waals surface area contributed by atoms with E-state index in [0.717, 1.165) is 12.8 Å². The van der Waals surface area contributed by atoms with Crippen LogP contribution in [-0.4, -0.2) is 17.5 Å². The predicted molar refractivity (Wildman–Crippen MR) is 67.0 cm³/mol. The van der Waals surface area contributed by atoms with E-state index in [-0.39, 0.29) is 17.4 Å². The summed E-state index contributed by atoms with van der Waals surface area (Å²) >= 11 is 0. The fourth-order valence-electron chi connectivity index (χ4n) is 3.49. The SMILES string of the molecule is CC1CC(C)(C)CC(NC(C)C)(C(N)=O)C1. The van der Waals surface area contributed by atoms with E-state index in [2.05, 4.69) is 39.9 Å². The normalized spacial score (nSPS) is 34.0. The second kappa shape index (κ2) is 4.36. The molecule has 3 nitrogen and oxygen atoms in total. The molecule has 2 unspecified atom stereocenters. The lowest BCUT2D eigenvalue weighted by atomic mass is 9.64. The largest absolute Gasteiger partial charge is 0.368 e. The summed E-state index contributed by atoms with van der Waals surface area (Å²) in [5, 5.41) is 3.41. The summed E-state index contributed by atoms with van der Waals surface area (Å²) in [5.74, 6) is 0.350. The third-order valence-corrected chi connectivity index (χ3v) is 3.41. The first-order chi connectivity index (χ1) is 7.17. The molecule has 3 N–H and O–H groups in total. The van der Waals surface area contributed by atoms with Crippen molar-refractivity contribution in [1.82, 2.24) is 5.32 Å². The van der Waals surface area contributed by atoms with Gasteiger partial charge in [-0.05, 0) is 44.4 Å². The highest BCUT2D eigenvalue weighted by Crippen LogP contribution is 2.43. The maximum Gasteiger partial charge on any atom is 0.237 e. The molecular formula is C13H26N2O. The second-order valence-electron chi connectivity index (χ2n) is 6.60. The fraction of sp³-hybridized carbons (Fsp3) is 0.923. The van der Waals surface area contributed by atoms with Gasteiger partial charge in [0, 0.05) is 6.04 Å². The quantitative estimate of drug-likeness (QED) is 0.774. The van der Waals surface area contributed by atoms with E-state index in [0.29, 0.717) is 5.92 Å². The molecular weight excluding hydrogens is 200 g/mol. The zero-order valence-corrected chi connectivity index (χ0v) is 11.3. The molecule has 1 amide bonds. The van der Waals surface area contributed by atoms with Gasteiger partial charge in [-0.25, -0.2) is 0 Å². The van der Waals surface area contributed by atoms with Gasteiger partial charge in [0.2, 0.25) is 5.91 Å². The lowest BCUT2D eigenvalue weighted by Gasteiger charge is -2.47. The molecule has 1 aliphatic carbocycles. The minimum Gasteiger partial charge on any atom is -0.368 e. The number of hydrogen-bond donors (Lipinski definition) is 2. The second-order valence-corrected chi connectivity index (χ2v) is 6.60. The first-order valence-electron chi connectivity index (χ1n) is 6.24. The Kier molecular flexibility index (Phi) is 3.68. The Morgan fingerprint density at radius 1 is 1.38 bits per heavy atom. The number of nitrogens with one attached hydrogen (secondary N) is 1. The summed E-state index contributed by atoms with van der Waals surface area (Å²) in [4.78, 5) is 11.8. The van der Waals surface area contributed by atoms with Gasteiger partial charge in [-0.1, -0.05) is 20.8 Å². The number of nitrogens with two attached hydrogens (primary N) is 1. The number of carbonyl (C=O) groups is 1. The van der Waals surface area contributed by atoms with E-state index in [1.807, 2.05) is 0 Å². The molecule has 16 heavy (non-hydrogen) atoms. The molecule has 1 rings (SSSR count). The molecule has 2 atom stereocenters. The number of amides is 1.